The third kappa shape index (κ3) is 3.51. The van der Waals surface area contributed by atoms with Crippen molar-refractivity contribution in [1.82, 2.24) is 15.2 Å². The van der Waals surface area contributed by atoms with Crippen molar-refractivity contribution >= 4 is 29.1 Å². The largest absolute Gasteiger partial charge is 0.478 e. The number of nitrogens with zero attached hydrogens (tertiary/aromatic N) is 3. The third-order valence-corrected chi connectivity index (χ3v) is 4.17. The van der Waals surface area contributed by atoms with Gasteiger partial charge in [-0.2, -0.15) is 0 Å². The molecule has 2 rings (SSSR count). The molecule has 0 unspecified atom stereocenters. The summed E-state index contributed by atoms with van der Waals surface area (Å²) in [6.45, 7) is 5.84. The van der Waals surface area contributed by atoms with Crippen molar-refractivity contribution in [2.75, 3.05) is 0 Å². The van der Waals surface area contributed by atoms with Gasteiger partial charge in [0, 0.05) is 5.69 Å². The summed E-state index contributed by atoms with van der Waals surface area (Å²) in [6, 6.07) is 3.18. The topological polar surface area (TPSA) is 76.0 Å². The predicted octanol–water partition coefficient (Wildman–Crippen LogP) is 3.21. The van der Waals surface area contributed by atoms with Crippen molar-refractivity contribution < 1.29 is 9.90 Å². The second-order valence-corrected chi connectivity index (χ2v) is 6.72. The van der Waals surface area contributed by atoms with E-state index in [1.165, 1.54) is 23.1 Å². The number of aryl methyl sites for hydroxylation is 1. The number of carbonyl (C=O) groups is 1. The molecule has 2 heterocycles. The van der Waals surface area contributed by atoms with E-state index in [9.17, 15) is 4.79 Å². The van der Waals surface area contributed by atoms with E-state index >= 15 is 0 Å². The predicted molar refractivity (Wildman–Crippen MR) is 74.1 cm³/mol. The third-order valence-electron chi connectivity index (χ3n) is 2.36. The molecule has 0 bridgehead atoms. The van der Waals surface area contributed by atoms with E-state index in [4.69, 9.17) is 5.11 Å². The first kappa shape index (κ1) is 14.0. The van der Waals surface area contributed by atoms with Gasteiger partial charge in [0.2, 0.25) is 0 Å². The van der Waals surface area contributed by atoms with Crippen LogP contribution < -0.4 is 0 Å². The van der Waals surface area contributed by atoms with Gasteiger partial charge in [0.15, 0.2) is 4.34 Å². The normalized spacial score (nSPS) is 10.9. The van der Waals surface area contributed by atoms with Gasteiger partial charge in [-0.15, -0.1) is 10.2 Å². The Bertz CT molecular complexity index is 611. The number of hydrogen-bond acceptors (Lipinski definition) is 6. The Morgan fingerprint density at radius 1 is 1.37 bits per heavy atom. The molecule has 0 aliphatic carbocycles. The lowest BCUT2D eigenvalue weighted by atomic mass is 10.1. The standard InChI is InChI=1S/C12H13N3O2S2/c1-6(2)9-4-8(11(16)17)5-10(13-9)19-12-15-14-7(3)18-12/h4-6H,1-3H3,(H,16,17). The molecule has 2 aromatic heterocycles. The molecule has 0 aliphatic heterocycles. The number of pyridine rings is 1. The van der Waals surface area contributed by atoms with E-state index in [2.05, 4.69) is 15.2 Å². The molecule has 1 N–H and O–H groups in total. The van der Waals surface area contributed by atoms with Crippen LogP contribution in [-0.4, -0.2) is 26.3 Å². The number of hydrogen-bond donors (Lipinski definition) is 1. The number of carboxylic acid groups (broad SMARTS) is 1. The molecular formula is C12H13N3O2S2. The highest BCUT2D eigenvalue weighted by Crippen LogP contribution is 2.30. The van der Waals surface area contributed by atoms with Gasteiger partial charge in [-0.3, -0.25) is 0 Å². The van der Waals surface area contributed by atoms with Crippen LogP contribution in [0.25, 0.3) is 0 Å². The minimum atomic E-state index is -0.945. The van der Waals surface area contributed by atoms with Crippen molar-refractivity contribution in [3.8, 4) is 0 Å². The highest BCUT2D eigenvalue weighted by molar-refractivity contribution is 8.01. The summed E-state index contributed by atoms with van der Waals surface area (Å²) in [5.41, 5.74) is 1.02. The van der Waals surface area contributed by atoms with E-state index in [0.29, 0.717) is 5.03 Å². The van der Waals surface area contributed by atoms with Gasteiger partial charge in [0.1, 0.15) is 10.0 Å². The summed E-state index contributed by atoms with van der Waals surface area (Å²) < 4.78 is 0.766. The fraction of sp³-hybridized carbons (Fsp3) is 0.333. The van der Waals surface area contributed by atoms with Gasteiger partial charge in [-0.1, -0.05) is 25.2 Å². The van der Waals surface area contributed by atoms with Crippen LogP contribution in [0.1, 0.15) is 40.8 Å². The highest BCUT2D eigenvalue weighted by Gasteiger charge is 2.13. The van der Waals surface area contributed by atoms with Crippen molar-refractivity contribution in [3.63, 3.8) is 0 Å². The summed E-state index contributed by atoms with van der Waals surface area (Å²) in [5, 5.41) is 18.6. The van der Waals surface area contributed by atoms with E-state index in [1.54, 1.807) is 12.1 Å². The first-order chi connectivity index (χ1) is 8.95. The molecule has 0 aliphatic rings. The van der Waals surface area contributed by atoms with Gasteiger partial charge in [0.25, 0.3) is 0 Å². The van der Waals surface area contributed by atoms with Gasteiger partial charge in [-0.25, -0.2) is 9.78 Å². The zero-order valence-corrected chi connectivity index (χ0v) is 12.4. The molecule has 0 atom stereocenters. The maximum atomic E-state index is 11.1. The molecule has 0 radical (unpaired) electrons. The lowest BCUT2D eigenvalue weighted by Crippen LogP contribution is -2.02. The Kier molecular flexibility index (Phi) is 4.16. The summed E-state index contributed by atoms with van der Waals surface area (Å²) >= 11 is 2.81. The molecule has 0 amide bonds. The first-order valence-electron chi connectivity index (χ1n) is 5.69. The van der Waals surface area contributed by atoms with Crippen LogP contribution in [0.3, 0.4) is 0 Å². The molecule has 0 fully saturated rings. The summed E-state index contributed by atoms with van der Waals surface area (Å²) in [6.07, 6.45) is 0. The maximum absolute atomic E-state index is 11.1. The second-order valence-electron chi connectivity index (χ2n) is 4.27. The smallest absolute Gasteiger partial charge is 0.335 e. The highest BCUT2D eigenvalue weighted by atomic mass is 32.2. The number of aromatic carboxylic acids is 1. The van der Waals surface area contributed by atoms with E-state index in [0.717, 1.165) is 15.0 Å². The van der Waals surface area contributed by atoms with Gasteiger partial charge in [0.05, 0.1) is 5.56 Å². The van der Waals surface area contributed by atoms with Crippen LogP contribution in [0.2, 0.25) is 0 Å². The maximum Gasteiger partial charge on any atom is 0.335 e. The minimum absolute atomic E-state index is 0.176. The van der Waals surface area contributed by atoms with Gasteiger partial charge in [-0.05, 0) is 36.7 Å². The fourth-order valence-electron chi connectivity index (χ4n) is 1.41. The Morgan fingerprint density at radius 2 is 2.11 bits per heavy atom. The molecule has 0 aromatic carbocycles. The molecule has 7 heteroatoms. The molecule has 100 valence electrons. The van der Waals surface area contributed by atoms with Gasteiger partial charge >= 0.3 is 5.97 Å². The monoisotopic (exact) mass is 295 g/mol. The average Bonchev–Trinajstić information content (AvgIpc) is 2.74. The first-order valence-corrected chi connectivity index (χ1v) is 7.32. The van der Waals surface area contributed by atoms with Crippen molar-refractivity contribution in [2.24, 2.45) is 0 Å². The van der Waals surface area contributed by atoms with Gasteiger partial charge < -0.3 is 5.11 Å². The number of aromatic nitrogens is 3. The summed E-state index contributed by atoms with van der Waals surface area (Å²) in [5.74, 6) is -0.769. The molecule has 19 heavy (non-hydrogen) atoms. The Balaban J connectivity index is 2.36. The summed E-state index contributed by atoms with van der Waals surface area (Å²) in [7, 11) is 0. The SMILES string of the molecule is Cc1nnc(Sc2cc(C(=O)O)cc(C(C)C)n2)s1. The molecular weight excluding hydrogens is 282 g/mol. The quantitative estimate of drug-likeness (QED) is 0.933. The second kappa shape index (κ2) is 5.66. The molecule has 0 saturated heterocycles. The van der Waals surface area contributed by atoms with E-state index < -0.39 is 5.97 Å². The Morgan fingerprint density at radius 3 is 2.63 bits per heavy atom. The average molecular weight is 295 g/mol. The van der Waals surface area contributed by atoms with Crippen LogP contribution in [-0.2, 0) is 0 Å². The van der Waals surface area contributed by atoms with Crippen LogP contribution in [0.4, 0.5) is 0 Å². The van der Waals surface area contributed by atoms with Crippen molar-refractivity contribution in [2.45, 2.75) is 36.1 Å². The zero-order chi connectivity index (χ0) is 14.0. The lowest BCUT2D eigenvalue weighted by Gasteiger charge is -2.08. The van der Waals surface area contributed by atoms with E-state index in [-0.39, 0.29) is 11.5 Å². The van der Waals surface area contributed by atoms with Crippen LogP contribution in [0.15, 0.2) is 21.5 Å². The van der Waals surface area contributed by atoms with Crippen molar-refractivity contribution in [3.05, 3.63) is 28.4 Å². The number of rotatable bonds is 4. The minimum Gasteiger partial charge on any atom is -0.478 e. The van der Waals surface area contributed by atoms with Crippen LogP contribution >= 0.6 is 23.1 Å². The lowest BCUT2D eigenvalue weighted by molar-refractivity contribution is 0.0696. The molecule has 0 saturated carbocycles. The van der Waals surface area contributed by atoms with Crippen LogP contribution in [0.5, 0.6) is 0 Å². The van der Waals surface area contributed by atoms with E-state index in [1.807, 2.05) is 20.8 Å². The Hall–Kier alpha value is -1.47. The zero-order valence-electron chi connectivity index (χ0n) is 10.7. The Labute approximate surface area is 119 Å². The molecule has 0 spiro atoms. The molecule has 5 nitrogen and oxygen atoms in total. The van der Waals surface area contributed by atoms with Crippen molar-refractivity contribution in [1.29, 1.82) is 0 Å². The molecule has 2 aromatic rings. The fourth-order valence-corrected chi connectivity index (χ4v) is 3.20. The summed E-state index contributed by atoms with van der Waals surface area (Å²) in [4.78, 5) is 15.6. The van der Waals surface area contributed by atoms with Crippen LogP contribution in [0, 0.1) is 6.92 Å². The number of carboxylic acids is 1.